The van der Waals surface area contributed by atoms with Gasteiger partial charge < -0.3 is 20.1 Å². The minimum absolute atomic E-state index is 0.0312. The van der Waals surface area contributed by atoms with Crippen molar-refractivity contribution < 1.29 is 19.4 Å². The van der Waals surface area contributed by atoms with E-state index in [0.717, 1.165) is 0 Å². The zero-order valence-corrected chi connectivity index (χ0v) is 13.0. The highest BCUT2D eigenvalue weighted by Gasteiger charge is 2.12. The number of nitrogens with zero attached hydrogens (tertiary/aromatic N) is 1. The van der Waals surface area contributed by atoms with Crippen molar-refractivity contribution in [1.29, 1.82) is 0 Å². The fourth-order valence-electron chi connectivity index (χ4n) is 1.52. The average Bonchev–Trinajstić information content (AvgIpc) is 2.38. The van der Waals surface area contributed by atoms with E-state index in [1.807, 2.05) is 13.8 Å². The van der Waals surface area contributed by atoms with Crippen LogP contribution in [-0.4, -0.2) is 41.7 Å². The largest absolute Gasteiger partial charge is 0.491 e. The predicted molar refractivity (Wildman–Crippen MR) is 81.1 cm³/mol. The molecule has 6 nitrogen and oxygen atoms in total. The first-order valence-electron chi connectivity index (χ1n) is 6.49. The van der Waals surface area contributed by atoms with Gasteiger partial charge in [-0.2, -0.15) is 0 Å². The lowest BCUT2D eigenvalue weighted by Gasteiger charge is -2.18. The van der Waals surface area contributed by atoms with Crippen LogP contribution in [-0.2, 0) is 4.79 Å². The first kappa shape index (κ1) is 17.1. The van der Waals surface area contributed by atoms with Gasteiger partial charge in [-0.1, -0.05) is 11.6 Å². The number of halogens is 1. The Labute approximate surface area is 128 Å². The van der Waals surface area contributed by atoms with Crippen molar-refractivity contribution in [3.05, 3.63) is 23.2 Å². The number of carboxylic acid groups (broad SMARTS) is 1. The van der Waals surface area contributed by atoms with Gasteiger partial charge in [0.2, 0.25) is 0 Å². The van der Waals surface area contributed by atoms with E-state index in [0.29, 0.717) is 16.5 Å². The van der Waals surface area contributed by atoms with Crippen LogP contribution in [0.15, 0.2) is 18.2 Å². The Bertz CT molecular complexity index is 520. The SMILES string of the molecule is CC(C)Oc1ccc(NC(=O)N(C)CCC(=O)O)c(Cl)c1. The fourth-order valence-corrected chi connectivity index (χ4v) is 1.74. The maximum atomic E-state index is 11.9. The second-order valence-electron chi connectivity index (χ2n) is 4.80. The molecule has 0 aliphatic heterocycles. The van der Waals surface area contributed by atoms with E-state index in [1.165, 1.54) is 11.9 Å². The lowest BCUT2D eigenvalue weighted by atomic mass is 10.3. The van der Waals surface area contributed by atoms with Crippen LogP contribution in [0.4, 0.5) is 10.5 Å². The molecule has 116 valence electrons. The molecule has 0 saturated carbocycles. The van der Waals surface area contributed by atoms with Gasteiger partial charge in [0.05, 0.1) is 23.2 Å². The first-order valence-corrected chi connectivity index (χ1v) is 6.87. The molecule has 21 heavy (non-hydrogen) atoms. The summed E-state index contributed by atoms with van der Waals surface area (Å²) in [7, 11) is 1.52. The van der Waals surface area contributed by atoms with Gasteiger partial charge in [0, 0.05) is 19.7 Å². The molecule has 2 amide bonds. The third-order valence-corrected chi connectivity index (χ3v) is 2.87. The molecule has 0 heterocycles. The van der Waals surface area contributed by atoms with Crippen molar-refractivity contribution in [3.8, 4) is 5.75 Å². The predicted octanol–water partition coefficient (Wildman–Crippen LogP) is 3.07. The van der Waals surface area contributed by atoms with Crippen molar-refractivity contribution in [1.82, 2.24) is 4.90 Å². The second-order valence-corrected chi connectivity index (χ2v) is 5.21. The molecule has 0 atom stereocenters. The highest BCUT2D eigenvalue weighted by atomic mass is 35.5. The van der Waals surface area contributed by atoms with E-state index < -0.39 is 12.0 Å². The Morgan fingerprint density at radius 2 is 2.10 bits per heavy atom. The molecule has 0 aliphatic rings. The number of carbonyl (C=O) groups excluding carboxylic acids is 1. The number of ether oxygens (including phenoxy) is 1. The lowest BCUT2D eigenvalue weighted by Crippen LogP contribution is -2.33. The molecule has 0 saturated heterocycles. The van der Waals surface area contributed by atoms with Crippen molar-refractivity contribution in [3.63, 3.8) is 0 Å². The Morgan fingerprint density at radius 3 is 2.62 bits per heavy atom. The van der Waals surface area contributed by atoms with Gasteiger partial charge >= 0.3 is 12.0 Å². The van der Waals surface area contributed by atoms with Crippen molar-refractivity contribution in [2.45, 2.75) is 26.4 Å². The minimum Gasteiger partial charge on any atom is -0.491 e. The van der Waals surface area contributed by atoms with Crippen LogP contribution in [0.3, 0.4) is 0 Å². The van der Waals surface area contributed by atoms with Gasteiger partial charge in [0.15, 0.2) is 0 Å². The number of urea groups is 1. The molecule has 0 unspecified atom stereocenters. The smallest absolute Gasteiger partial charge is 0.321 e. The Kier molecular flexibility index (Phi) is 6.30. The average molecular weight is 315 g/mol. The standard InChI is InChI=1S/C14H19ClN2O4/c1-9(2)21-10-4-5-12(11(15)8-10)16-14(20)17(3)7-6-13(18)19/h4-5,8-9H,6-7H2,1-3H3,(H,16,20)(H,18,19). The fraction of sp³-hybridized carbons (Fsp3) is 0.429. The van der Waals surface area contributed by atoms with Crippen LogP contribution in [0.5, 0.6) is 5.75 Å². The number of aliphatic carboxylic acids is 1. The molecule has 0 aromatic heterocycles. The molecule has 0 radical (unpaired) electrons. The van der Waals surface area contributed by atoms with E-state index in [4.69, 9.17) is 21.4 Å². The first-order chi connectivity index (χ1) is 9.79. The van der Waals surface area contributed by atoms with Crippen molar-refractivity contribution in [2.24, 2.45) is 0 Å². The highest BCUT2D eigenvalue weighted by molar-refractivity contribution is 6.33. The summed E-state index contributed by atoms with van der Waals surface area (Å²) >= 11 is 6.08. The number of benzene rings is 1. The number of carbonyl (C=O) groups is 2. The van der Waals surface area contributed by atoms with E-state index in [2.05, 4.69) is 5.32 Å². The lowest BCUT2D eigenvalue weighted by molar-refractivity contribution is -0.137. The number of anilines is 1. The van der Waals surface area contributed by atoms with Crippen LogP contribution in [0, 0.1) is 0 Å². The van der Waals surface area contributed by atoms with Crippen LogP contribution in [0.1, 0.15) is 20.3 Å². The zero-order chi connectivity index (χ0) is 16.0. The number of nitrogens with one attached hydrogen (secondary N) is 1. The minimum atomic E-state index is -0.956. The molecular formula is C14H19ClN2O4. The summed E-state index contributed by atoms with van der Waals surface area (Å²) < 4.78 is 5.49. The Hall–Kier alpha value is -1.95. The molecule has 1 aromatic carbocycles. The van der Waals surface area contributed by atoms with E-state index >= 15 is 0 Å². The molecule has 1 rings (SSSR count). The molecule has 0 aliphatic carbocycles. The topological polar surface area (TPSA) is 78.9 Å². The van der Waals surface area contributed by atoms with E-state index in [9.17, 15) is 9.59 Å². The molecule has 0 bridgehead atoms. The van der Waals surface area contributed by atoms with Crippen LogP contribution < -0.4 is 10.1 Å². The Balaban J connectivity index is 2.65. The quantitative estimate of drug-likeness (QED) is 0.845. The molecular weight excluding hydrogens is 296 g/mol. The highest BCUT2D eigenvalue weighted by Crippen LogP contribution is 2.27. The summed E-state index contributed by atoms with van der Waals surface area (Å²) in [5.74, 6) is -0.338. The van der Waals surface area contributed by atoms with Gasteiger partial charge in [0.25, 0.3) is 0 Å². The Morgan fingerprint density at radius 1 is 1.43 bits per heavy atom. The summed E-state index contributed by atoms with van der Waals surface area (Å²) in [4.78, 5) is 23.6. The van der Waals surface area contributed by atoms with Crippen LogP contribution in [0.2, 0.25) is 5.02 Å². The molecule has 2 N–H and O–H groups in total. The van der Waals surface area contributed by atoms with Gasteiger partial charge in [-0.3, -0.25) is 4.79 Å². The van der Waals surface area contributed by atoms with Crippen molar-refractivity contribution >= 4 is 29.3 Å². The summed E-state index contributed by atoms with van der Waals surface area (Å²) in [6.45, 7) is 3.93. The van der Waals surface area contributed by atoms with Gasteiger partial charge in [-0.25, -0.2) is 4.79 Å². The second kappa shape index (κ2) is 7.73. The number of hydrogen-bond acceptors (Lipinski definition) is 3. The van der Waals surface area contributed by atoms with Crippen LogP contribution in [0.25, 0.3) is 0 Å². The maximum Gasteiger partial charge on any atom is 0.321 e. The molecule has 0 spiro atoms. The molecule has 7 heteroatoms. The summed E-state index contributed by atoms with van der Waals surface area (Å²) in [5, 5.41) is 11.6. The maximum absolute atomic E-state index is 11.9. The summed E-state index contributed by atoms with van der Waals surface area (Å²) in [6, 6.07) is 4.55. The number of amides is 2. The number of hydrogen-bond donors (Lipinski definition) is 2. The number of rotatable bonds is 6. The normalized spacial score (nSPS) is 10.3. The summed E-state index contributed by atoms with van der Waals surface area (Å²) in [5.41, 5.74) is 0.444. The van der Waals surface area contributed by atoms with E-state index in [1.54, 1.807) is 18.2 Å². The summed E-state index contributed by atoms with van der Waals surface area (Å²) in [6.07, 6.45) is -0.0811. The van der Waals surface area contributed by atoms with Gasteiger partial charge in [-0.15, -0.1) is 0 Å². The third-order valence-electron chi connectivity index (χ3n) is 2.56. The monoisotopic (exact) mass is 314 g/mol. The zero-order valence-electron chi connectivity index (χ0n) is 12.2. The van der Waals surface area contributed by atoms with Gasteiger partial charge in [0.1, 0.15) is 5.75 Å². The third kappa shape index (κ3) is 5.91. The van der Waals surface area contributed by atoms with Gasteiger partial charge in [-0.05, 0) is 26.0 Å². The van der Waals surface area contributed by atoms with Crippen molar-refractivity contribution in [2.75, 3.05) is 18.9 Å². The number of carboxylic acids is 1. The molecule has 0 fully saturated rings. The molecule has 1 aromatic rings. The van der Waals surface area contributed by atoms with E-state index in [-0.39, 0.29) is 19.1 Å². The van der Waals surface area contributed by atoms with Crippen LogP contribution >= 0.6 is 11.6 Å².